The summed E-state index contributed by atoms with van der Waals surface area (Å²) in [5.41, 5.74) is 3.20. The van der Waals surface area contributed by atoms with E-state index in [9.17, 15) is 4.79 Å². The molecule has 0 fully saturated rings. The third-order valence-electron chi connectivity index (χ3n) is 3.13. The number of H-pyrrole nitrogens is 1. The number of hydrogen-bond acceptors (Lipinski definition) is 4. The maximum Gasteiger partial charge on any atom is 0.350 e. The van der Waals surface area contributed by atoms with Gasteiger partial charge in [0.05, 0.1) is 0 Å². The molecule has 0 aliphatic heterocycles. The molecule has 3 rings (SSSR count). The zero-order valence-electron chi connectivity index (χ0n) is 11.3. The van der Waals surface area contributed by atoms with Gasteiger partial charge >= 0.3 is 5.69 Å². The van der Waals surface area contributed by atoms with Crippen LogP contribution in [0.1, 0.15) is 18.2 Å². The van der Waals surface area contributed by atoms with Gasteiger partial charge in [0.15, 0.2) is 5.65 Å². The lowest BCUT2D eigenvalue weighted by Crippen LogP contribution is -2.15. The van der Waals surface area contributed by atoms with Crippen molar-refractivity contribution in [1.82, 2.24) is 19.6 Å². The van der Waals surface area contributed by atoms with E-state index in [0.29, 0.717) is 11.6 Å². The Morgan fingerprint density at radius 1 is 1.30 bits per heavy atom. The standard InChI is InChI=1S/C14H15N5O/c1-3-10-8-12-17-18-14(20)19(12)13(15-10)16-11-6-4-9(2)5-7-11/h4-8H,3H2,1-2H3,(H,15,16)(H,18,20). The summed E-state index contributed by atoms with van der Waals surface area (Å²) in [7, 11) is 0. The molecule has 0 bridgehead atoms. The topological polar surface area (TPSA) is 75.1 Å². The Morgan fingerprint density at radius 3 is 2.75 bits per heavy atom. The summed E-state index contributed by atoms with van der Waals surface area (Å²) in [5.74, 6) is 0.474. The zero-order valence-corrected chi connectivity index (χ0v) is 11.3. The Balaban J connectivity index is 2.11. The number of benzene rings is 1. The number of aromatic nitrogens is 4. The first-order chi connectivity index (χ1) is 9.67. The second kappa shape index (κ2) is 4.80. The van der Waals surface area contributed by atoms with Crippen molar-refractivity contribution in [2.45, 2.75) is 20.3 Å². The molecule has 0 atom stereocenters. The van der Waals surface area contributed by atoms with E-state index in [-0.39, 0.29) is 5.69 Å². The fourth-order valence-electron chi connectivity index (χ4n) is 2.01. The van der Waals surface area contributed by atoms with Crippen LogP contribution in [0.15, 0.2) is 35.1 Å². The molecule has 3 aromatic rings. The quantitative estimate of drug-likeness (QED) is 0.763. The van der Waals surface area contributed by atoms with Crippen LogP contribution in [-0.4, -0.2) is 19.6 Å². The molecule has 0 radical (unpaired) electrons. The summed E-state index contributed by atoms with van der Waals surface area (Å²) in [6.45, 7) is 4.04. The molecule has 0 spiro atoms. The number of nitrogens with zero attached hydrogens (tertiary/aromatic N) is 3. The van der Waals surface area contributed by atoms with Crippen molar-refractivity contribution in [2.75, 3.05) is 5.32 Å². The average molecular weight is 269 g/mol. The highest BCUT2D eigenvalue weighted by molar-refractivity contribution is 5.57. The Kier molecular flexibility index (Phi) is 2.98. The summed E-state index contributed by atoms with van der Waals surface area (Å²) in [6, 6.07) is 9.71. The first-order valence-electron chi connectivity index (χ1n) is 6.48. The summed E-state index contributed by atoms with van der Waals surface area (Å²) in [4.78, 5) is 16.3. The lowest BCUT2D eigenvalue weighted by atomic mass is 10.2. The van der Waals surface area contributed by atoms with Gasteiger partial charge in [-0.2, -0.15) is 5.10 Å². The minimum atomic E-state index is -0.301. The Bertz CT molecular complexity index is 801. The van der Waals surface area contributed by atoms with Gasteiger partial charge in [-0.05, 0) is 25.5 Å². The van der Waals surface area contributed by atoms with Crippen molar-refractivity contribution in [2.24, 2.45) is 0 Å². The predicted octanol–water partition coefficient (Wildman–Crippen LogP) is 2.03. The molecule has 6 nitrogen and oxygen atoms in total. The van der Waals surface area contributed by atoms with Crippen molar-refractivity contribution in [1.29, 1.82) is 0 Å². The van der Waals surface area contributed by atoms with Gasteiger partial charge in [0.1, 0.15) is 0 Å². The summed E-state index contributed by atoms with van der Waals surface area (Å²) in [5, 5.41) is 9.60. The van der Waals surface area contributed by atoms with Crippen LogP contribution >= 0.6 is 0 Å². The molecule has 2 heterocycles. The highest BCUT2D eigenvalue weighted by Crippen LogP contribution is 2.16. The molecule has 20 heavy (non-hydrogen) atoms. The number of fused-ring (bicyclic) bond motifs is 1. The number of rotatable bonds is 3. The van der Waals surface area contributed by atoms with E-state index < -0.39 is 0 Å². The Hall–Kier alpha value is -2.63. The van der Waals surface area contributed by atoms with Gasteiger partial charge in [0, 0.05) is 17.4 Å². The molecule has 0 saturated carbocycles. The second-order valence-electron chi connectivity index (χ2n) is 4.64. The molecule has 0 aliphatic rings. The average Bonchev–Trinajstić information content (AvgIpc) is 2.83. The fraction of sp³-hybridized carbons (Fsp3) is 0.214. The maximum atomic E-state index is 11.8. The lowest BCUT2D eigenvalue weighted by molar-refractivity contribution is 0.961. The summed E-state index contributed by atoms with van der Waals surface area (Å²) < 4.78 is 1.43. The highest BCUT2D eigenvalue weighted by Gasteiger charge is 2.09. The monoisotopic (exact) mass is 269 g/mol. The van der Waals surface area contributed by atoms with Gasteiger partial charge < -0.3 is 5.32 Å². The Morgan fingerprint density at radius 2 is 2.05 bits per heavy atom. The van der Waals surface area contributed by atoms with E-state index in [2.05, 4.69) is 20.5 Å². The molecular weight excluding hydrogens is 254 g/mol. The summed E-state index contributed by atoms with van der Waals surface area (Å²) >= 11 is 0. The van der Waals surface area contributed by atoms with Crippen molar-refractivity contribution >= 4 is 17.3 Å². The normalized spacial score (nSPS) is 10.9. The zero-order chi connectivity index (χ0) is 14.1. The number of anilines is 2. The molecular formula is C14H15N5O. The number of aromatic amines is 1. The molecule has 0 aliphatic carbocycles. The van der Waals surface area contributed by atoms with Crippen LogP contribution in [0.3, 0.4) is 0 Å². The lowest BCUT2D eigenvalue weighted by Gasteiger charge is -2.09. The third-order valence-corrected chi connectivity index (χ3v) is 3.13. The van der Waals surface area contributed by atoms with Gasteiger partial charge in [-0.1, -0.05) is 24.6 Å². The van der Waals surface area contributed by atoms with Crippen molar-refractivity contribution in [3.05, 3.63) is 52.1 Å². The van der Waals surface area contributed by atoms with Crippen LogP contribution in [0.4, 0.5) is 11.6 Å². The van der Waals surface area contributed by atoms with E-state index in [1.54, 1.807) is 6.07 Å². The number of hydrogen-bond donors (Lipinski definition) is 2. The minimum Gasteiger partial charge on any atom is -0.325 e. The molecule has 0 saturated heterocycles. The predicted molar refractivity (Wildman–Crippen MR) is 77.4 cm³/mol. The Labute approximate surface area is 115 Å². The fourth-order valence-corrected chi connectivity index (χ4v) is 2.01. The van der Waals surface area contributed by atoms with Crippen LogP contribution in [-0.2, 0) is 6.42 Å². The van der Waals surface area contributed by atoms with Gasteiger partial charge in [-0.3, -0.25) is 0 Å². The maximum absolute atomic E-state index is 11.8. The van der Waals surface area contributed by atoms with Gasteiger partial charge in [-0.25, -0.2) is 19.3 Å². The highest BCUT2D eigenvalue weighted by atomic mass is 16.1. The minimum absolute atomic E-state index is 0.301. The van der Waals surface area contributed by atoms with Crippen LogP contribution in [0.2, 0.25) is 0 Å². The second-order valence-corrected chi connectivity index (χ2v) is 4.64. The number of aryl methyl sites for hydroxylation is 2. The number of nitrogens with one attached hydrogen (secondary N) is 2. The molecule has 1 aromatic carbocycles. The van der Waals surface area contributed by atoms with E-state index in [0.717, 1.165) is 17.8 Å². The van der Waals surface area contributed by atoms with Crippen molar-refractivity contribution < 1.29 is 0 Å². The van der Waals surface area contributed by atoms with Crippen LogP contribution in [0.5, 0.6) is 0 Å². The first kappa shape index (κ1) is 12.4. The summed E-state index contributed by atoms with van der Waals surface area (Å²) in [6.07, 6.45) is 0.778. The molecule has 2 aromatic heterocycles. The van der Waals surface area contributed by atoms with Gasteiger partial charge in [-0.15, -0.1) is 0 Å². The molecule has 0 amide bonds. The molecule has 2 N–H and O–H groups in total. The van der Waals surface area contributed by atoms with Crippen LogP contribution < -0.4 is 11.0 Å². The molecule has 0 unspecified atom stereocenters. The van der Waals surface area contributed by atoms with Crippen LogP contribution in [0, 0.1) is 6.92 Å². The van der Waals surface area contributed by atoms with Crippen LogP contribution in [0.25, 0.3) is 5.65 Å². The van der Waals surface area contributed by atoms with Crippen molar-refractivity contribution in [3.8, 4) is 0 Å². The third kappa shape index (κ3) is 2.16. The van der Waals surface area contributed by atoms with Crippen molar-refractivity contribution in [3.63, 3.8) is 0 Å². The largest absolute Gasteiger partial charge is 0.350 e. The van der Waals surface area contributed by atoms with Gasteiger partial charge in [0.25, 0.3) is 0 Å². The van der Waals surface area contributed by atoms with E-state index >= 15 is 0 Å². The van der Waals surface area contributed by atoms with Gasteiger partial charge in [0.2, 0.25) is 5.95 Å². The molecule has 102 valence electrons. The smallest absolute Gasteiger partial charge is 0.325 e. The van der Waals surface area contributed by atoms with E-state index in [1.807, 2.05) is 38.1 Å². The SMILES string of the molecule is CCc1cc2n[nH]c(=O)n2c(Nc2ccc(C)cc2)n1. The molecule has 6 heteroatoms. The van der Waals surface area contributed by atoms with E-state index in [1.165, 1.54) is 9.96 Å². The first-order valence-corrected chi connectivity index (χ1v) is 6.48. The van der Waals surface area contributed by atoms with E-state index in [4.69, 9.17) is 0 Å².